The first-order chi connectivity index (χ1) is 15.9. The predicted molar refractivity (Wildman–Crippen MR) is 146 cm³/mol. The Morgan fingerprint density at radius 2 is 1.79 bits per heavy atom. The lowest BCUT2D eigenvalue weighted by atomic mass is 9.84. The summed E-state index contributed by atoms with van der Waals surface area (Å²) >= 11 is 4.09. The van der Waals surface area contributed by atoms with E-state index in [0.29, 0.717) is 5.94 Å². The van der Waals surface area contributed by atoms with Gasteiger partial charge in [0.15, 0.2) is 5.84 Å². The number of rotatable bonds is 8. The molecule has 1 aliphatic rings. The van der Waals surface area contributed by atoms with Crippen LogP contribution in [-0.4, -0.2) is 43.5 Å². The van der Waals surface area contributed by atoms with E-state index in [-0.39, 0.29) is 5.84 Å². The Morgan fingerprint density at radius 3 is 2.36 bits per heavy atom. The molecule has 2 aromatic carbocycles. The van der Waals surface area contributed by atoms with Crippen molar-refractivity contribution in [3.05, 3.63) is 64.2 Å². The van der Waals surface area contributed by atoms with Crippen molar-refractivity contribution in [2.45, 2.75) is 65.2 Å². The normalized spacial score (nSPS) is 13.9. The number of likely N-dealkylation sites (N-methyl/N-ethyl adjacent to an activating group) is 1. The second-order valence-electron chi connectivity index (χ2n) is 8.93. The van der Waals surface area contributed by atoms with Gasteiger partial charge in [-0.05, 0) is 87.7 Å². The largest absolute Gasteiger partial charge is 0.483 e. The van der Waals surface area contributed by atoms with Gasteiger partial charge in [0, 0.05) is 12.1 Å². The highest BCUT2D eigenvalue weighted by Gasteiger charge is 2.15. The number of benzene rings is 2. The van der Waals surface area contributed by atoms with Crippen molar-refractivity contribution in [1.82, 2.24) is 4.90 Å². The van der Waals surface area contributed by atoms with E-state index in [9.17, 15) is 0 Å². The highest BCUT2D eigenvalue weighted by atomic mass is 32.1. The molecule has 1 aliphatic carbocycles. The lowest BCUT2D eigenvalue weighted by Crippen LogP contribution is -2.20. The summed E-state index contributed by atoms with van der Waals surface area (Å²) in [5.74, 6) is 2.37. The number of nitrogens with one attached hydrogen (secondary N) is 1. The Hall–Kier alpha value is -2.11. The van der Waals surface area contributed by atoms with Gasteiger partial charge in [-0.15, -0.1) is 12.6 Å². The van der Waals surface area contributed by atoms with Gasteiger partial charge in [-0.1, -0.05) is 56.5 Å². The van der Waals surface area contributed by atoms with Gasteiger partial charge in [-0.3, -0.25) is 5.41 Å². The average Bonchev–Trinajstić information content (AvgIpc) is 2.85. The minimum Gasteiger partial charge on any atom is -0.483 e. The Morgan fingerprint density at radius 1 is 1.12 bits per heavy atom. The predicted octanol–water partition coefficient (Wildman–Crippen LogP) is 6.82. The third-order valence-electron chi connectivity index (χ3n) is 6.58. The van der Waals surface area contributed by atoms with E-state index in [2.05, 4.69) is 81.3 Å². The van der Waals surface area contributed by atoms with Gasteiger partial charge in [-0.2, -0.15) is 0 Å². The SMILES string of the molecule is C=NC(=N)c1ccc(C2CCCCC2)cc1.CCN(C)CCc1cc(C)c(OCS)cc1C. The highest BCUT2D eigenvalue weighted by molar-refractivity contribution is 7.80. The molecule has 0 atom stereocenters. The van der Waals surface area contributed by atoms with Crippen molar-refractivity contribution < 1.29 is 4.74 Å². The molecule has 180 valence electrons. The van der Waals surface area contributed by atoms with E-state index in [4.69, 9.17) is 10.1 Å². The Bertz CT molecular complexity index is 889. The summed E-state index contributed by atoms with van der Waals surface area (Å²) in [5, 5.41) is 7.56. The number of amidine groups is 1. The van der Waals surface area contributed by atoms with Crippen molar-refractivity contribution in [2.75, 3.05) is 26.1 Å². The number of hydrogen-bond acceptors (Lipinski definition) is 4. The summed E-state index contributed by atoms with van der Waals surface area (Å²) < 4.78 is 5.47. The van der Waals surface area contributed by atoms with E-state index >= 15 is 0 Å². The van der Waals surface area contributed by atoms with Crippen molar-refractivity contribution in [2.24, 2.45) is 4.99 Å². The molecule has 0 radical (unpaired) electrons. The lowest BCUT2D eigenvalue weighted by molar-refractivity contribution is 0.357. The zero-order valence-corrected chi connectivity index (χ0v) is 21.8. The van der Waals surface area contributed by atoms with Crippen LogP contribution < -0.4 is 4.74 Å². The van der Waals surface area contributed by atoms with Gasteiger partial charge in [0.05, 0.1) is 0 Å². The van der Waals surface area contributed by atoms with E-state index in [0.717, 1.165) is 36.7 Å². The standard InChI is InChI=1S/C14H18N2.C14H23NOS/c1-16-14(15)13-9-7-12(8-10-13)11-5-3-2-4-6-11;1-5-15(4)7-6-13-8-12(3)14(16-10-17)9-11(13)2/h7-11,15H,1-6H2;8-9,17H,5-7,10H2,1-4H3. The lowest BCUT2D eigenvalue weighted by Gasteiger charge is -2.21. The topological polar surface area (TPSA) is 48.7 Å². The first-order valence-corrected chi connectivity index (χ1v) is 12.7. The second kappa shape index (κ2) is 14.2. The van der Waals surface area contributed by atoms with Crippen LogP contribution in [0.3, 0.4) is 0 Å². The van der Waals surface area contributed by atoms with E-state index in [1.165, 1.54) is 54.4 Å². The first-order valence-electron chi connectivity index (χ1n) is 12.1. The monoisotopic (exact) mass is 467 g/mol. The minimum absolute atomic E-state index is 0.259. The Balaban J connectivity index is 0.000000234. The number of hydrogen-bond donors (Lipinski definition) is 2. The van der Waals surface area contributed by atoms with Crippen LogP contribution >= 0.6 is 12.6 Å². The molecule has 0 unspecified atom stereocenters. The van der Waals surface area contributed by atoms with Gasteiger partial charge in [0.2, 0.25) is 0 Å². The summed E-state index contributed by atoms with van der Waals surface area (Å²) in [6, 6.07) is 12.6. The first kappa shape index (κ1) is 27.1. The molecule has 0 aliphatic heterocycles. The maximum Gasteiger partial charge on any atom is 0.151 e. The number of nitrogens with zero attached hydrogens (tertiary/aromatic N) is 2. The average molecular weight is 468 g/mol. The van der Waals surface area contributed by atoms with Crippen LogP contribution in [0.25, 0.3) is 0 Å². The molecule has 4 nitrogen and oxygen atoms in total. The Kier molecular flexibility index (Phi) is 11.7. The molecule has 2 aromatic rings. The molecule has 0 bridgehead atoms. The maximum atomic E-state index is 7.56. The molecule has 0 amide bonds. The van der Waals surface area contributed by atoms with E-state index in [1.807, 2.05) is 12.1 Å². The minimum atomic E-state index is 0.259. The molecule has 0 saturated heterocycles. The van der Waals surface area contributed by atoms with Crippen molar-refractivity contribution in [3.8, 4) is 5.75 Å². The van der Waals surface area contributed by atoms with Gasteiger partial charge in [0.25, 0.3) is 0 Å². The van der Waals surface area contributed by atoms with Crippen LogP contribution in [0.5, 0.6) is 5.75 Å². The summed E-state index contributed by atoms with van der Waals surface area (Å²) in [6.45, 7) is 12.0. The third kappa shape index (κ3) is 8.63. The third-order valence-corrected chi connectivity index (χ3v) is 6.70. The fraction of sp³-hybridized carbons (Fsp3) is 0.500. The molecular weight excluding hydrogens is 426 g/mol. The van der Waals surface area contributed by atoms with Crippen LogP contribution in [0, 0.1) is 19.3 Å². The number of ether oxygens (including phenoxy) is 1. The number of aliphatic imine (C=N–C) groups is 1. The molecule has 33 heavy (non-hydrogen) atoms. The highest BCUT2D eigenvalue weighted by Crippen LogP contribution is 2.32. The summed E-state index contributed by atoms with van der Waals surface area (Å²) in [4.78, 5) is 5.96. The molecule has 1 fully saturated rings. The molecule has 5 heteroatoms. The number of thiol groups is 1. The Labute approximate surface area is 206 Å². The maximum absolute atomic E-state index is 7.56. The molecule has 1 saturated carbocycles. The zero-order chi connectivity index (χ0) is 24.2. The van der Waals surface area contributed by atoms with Crippen LogP contribution in [-0.2, 0) is 6.42 Å². The van der Waals surface area contributed by atoms with Gasteiger partial charge in [-0.25, -0.2) is 4.99 Å². The second-order valence-corrected chi connectivity index (χ2v) is 9.19. The fourth-order valence-corrected chi connectivity index (χ4v) is 4.39. The van der Waals surface area contributed by atoms with Gasteiger partial charge in [0.1, 0.15) is 11.7 Å². The van der Waals surface area contributed by atoms with E-state index < -0.39 is 0 Å². The molecule has 0 spiro atoms. The molecule has 3 rings (SSSR count). The number of aryl methyl sites for hydroxylation is 2. The zero-order valence-electron chi connectivity index (χ0n) is 20.9. The fourth-order valence-electron chi connectivity index (χ4n) is 4.25. The molecular formula is C28H41N3OS. The quantitative estimate of drug-likeness (QED) is 0.194. The molecule has 1 N–H and O–H groups in total. The van der Waals surface area contributed by atoms with Crippen LogP contribution in [0.4, 0.5) is 0 Å². The van der Waals surface area contributed by atoms with Crippen molar-refractivity contribution >= 4 is 25.2 Å². The van der Waals surface area contributed by atoms with Crippen LogP contribution in [0.15, 0.2) is 41.4 Å². The van der Waals surface area contributed by atoms with Crippen molar-refractivity contribution in [3.63, 3.8) is 0 Å². The van der Waals surface area contributed by atoms with Crippen LogP contribution in [0.2, 0.25) is 0 Å². The molecule has 0 aromatic heterocycles. The summed E-state index contributed by atoms with van der Waals surface area (Å²) in [5.41, 5.74) is 6.18. The van der Waals surface area contributed by atoms with Gasteiger partial charge < -0.3 is 9.64 Å². The van der Waals surface area contributed by atoms with E-state index in [1.54, 1.807) is 0 Å². The van der Waals surface area contributed by atoms with Crippen molar-refractivity contribution in [1.29, 1.82) is 5.41 Å². The van der Waals surface area contributed by atoms with Gasteiger partial charge >= 0.3 is 0 Å². The van der Waals surface area contributed by atoms with Crippen LogP contribution in [0.1, 0.15) is 72.8 Å². The summed E-state index contributed by atoms with van der Waals surface area (Å²) in [7, 11) is 2.15. The molecule has 0 heterocycles. The summed E-state index contributed by atoms with van der Waals surface area (Å²) in [6.07, 6.45) is 7.83. The smallest absolute Gasteiger partial charge is 0.151 e.